The number of ether oxygens (including phenoxy) is 1. The van der Waals surface area contributed by atoms with Crippen LogP contribution in [0.2, 0.25) is 0 Å². The molecule has 0 radical (unpaired) electrons. The van der Waals surface area contributed by atoms with Crippen molar-refractivity contribution >= 4 is 16.0 Å². The maximum absolute atomic E-state index is 12.1. The number of aromatic carboxylic acids is 1. The van der Waals surface area contributed by atoms with Crippen LogP contribution in [-0.4, -0.2) is 39.3 Å². The summed E-state index contributed by atoms with van der Waals surface area (Å²) in [4.78, 5) is 11.0. The zero-order valence-electron chi connectivity index (χ0n) is 11.8. The summed E-state index contributed by atoms with van der Waals surface area (Å²) in [6, 6.07) is 4.16. The zero-order valence-corrected chi connectivity index (χ0v) is 12.6. The van der Waals surface area contributed by atoms with E-state index in [0.29, 0.717) is 13.0 Å². The molecule has 0 aliphatic heterocycles. The molecule has 0 fully saturated rings. The Bertz CT molecular complexity index is 610. The quantitative estimate of drug-likeness (QED) is 0.533. The Balaban J connectivity index is 2.73. The van der Waals surface area contributed by atoms with Gasteiger partial charge in [-0.2, -0.15) is 0 Å². The van der Waals surface area contributed by atoms with E-state index in [1.54, 1.807) is 6.08 Å². The van der Waals surface area contributed by atoms with Gasteiger partial charge in [-0.05, 0) is 31.0 Å². The Hall–Kier alpha value is -1.70. The van der Waals surface area contributed by atoms with E-state index in [1.807, 2.05) is 0 Å². The minimum Gasteiger partial charge on any atom is -0.478 e. The second kappa shape index (κ2) is 7.92. The highest BCUT2D eigenvalue weighted by Crippen LogP contribution is 2.18. The van der Waals surface area contributed by atoms with Gasteiger partial charge in [0.2, 0.25) is 10.0 Å². The fraction of sp³-hybridized carbons (Fsp3) is 0.357. The molecular weight excluding hydrogens is 294 g/mol. The average molecular weight is 313 g/mol. The van der Waals surface area contributed by atoms with Crippen molar-refractivity contribution in [2.24, 2.45) is 0 Å². The topological polar surface area (TPSA) is 92.7 Å². The van der Waals surface area contributed by atoms with Gasteiger partial charge < -0.3 is 9.84 Å². The second-order valence-corrected chi connectivity index (χ2v) is 6.06. The highest BCUT2D eigenvalue weighted by Gasteiger charge is 2.20. The van der Waals surface area contributed by atoms with Crippen molar-refractivity contribution in [3.63, 3.8) is 0 Å². The Morgan fingerprint density at radius 3 is 2.76 bits per heavy atom. The summed E-state index contributed by atoms with van der Waals surface area (Å²) in [6.45, 7) is 5.87. The number of benzene rings is 1. The van der Waals surface area contributed by atoms with Crippen LogP contribution >= 0.6 is 0 Å². The second-order valence-electron chi connectivity index (χ2n) is 4.32. The van der Waals surface area contributed by atoms with Gasteiger partial charge in [0.25, 0.3) is 0 Å². The van der Waals surface area contributed by atoms with Crippen LogP contribution in [0.4, 0.5) is 0 Å². The maximum Gasteiger partial charge on any atom is 0.335 e. The Morgan fingerprint density at radius 2 is 2.14 bits per heavy atom. The molecule has 0 spiro atoms. The molecular formula is C14H19NO5S. The van der Waals surface area contributed by atoms with Crippen LogP contribution in [0.1, 0.15) is 22.3 Å². The Labute approximate surface area is 124 Å². The van der Waals surface area contributed by atoms with Crippen LogP contribution in [0, 0.1) is 6.92 Å². The van der Waals surface area contributed by atoms with Crippen molar-refractivity contribution < 1.29 is 23.1 Å². The molecule has 0 saturated carbocycles. The SMILES string of the molecule is C=CCCOCCNS(=O)(=O)c1cccc(C(=O)O)c1C. The van der Waals surface area contributed by atoms with Gasteiger partial charge in [-0.25, -0.2) is 17.9 Å². The molecule has 116 valence electrons. The Morgan fingerprint density at radius 1 is 1.43 bits per heavy atom. The third-order valence-electron chi connectivity index (χ3n) is 2.81. The van der Waals surface area contributed by atoms with Crippen molar-refractivity contribution in [1.82, 2.24) is 4.72 Å². The molecule has 1 aromatic carbocycles. The molecule has 0 saturated heterocycles. The smallest absolute Gasteiger partial charge is 0.335 e. The lowest BCUT2D eigenvalue weighted by Gasteiger charge is -2.11. The molecule has 0 atom stereocenters. The van der Waals surface area contributed by atoms with Gasteiger partial charge in [0.1, 0.15) is 0 Å². The predicted molar refractivity (Wildman–Crippen MR) is 79.0 cm³/mol. The van der Waals surface area contributed by atoms with Gasteiger partial charge in [-0.1, -0.05) is 12.1 Å². The fourth-order valence-corrected chi connectivity index (χ4v) is 3.01. The number of hydrogen-bond acceptors (Lipinski definition) is 4. The molecule has 0 bridgehead atoms. The van der Waals surface area contributed by atoms with Crippen LogP contribution in [-0.2, 0) is 14.8 Å². The van der Waals surface area contributed by atoms with Gasteiger partial charge in [-0.3, -0.25) is 0 Å². The molecule has 0 aliphatic carbocycles. The minimum absolute atomic E-state index is 0.0277. The normalized spacial score (nSPS) is 11.3. The number of nitrogens with one attached hydrogen (secondary N) is 1. The molecule has 21 heavy (non-hydrogen) atoms. The van der Waals surface area contributed by atoms with Crippen molar-refractivity contribution in [3.05, 3.63) is 42.0 Å². The van der Waals surface area contributed by atoms with E-state index >= 15 is 0 Å². The van der Waals surface area contributed by atoms with Crippen molar-refractivity contribution in [2.45, 2.75) is 18.2 Å². The first-order valence-corrected chi connectivity index (χ1v) is 7.89. The lowest BCUT2D eigenvalue weighted by molar-refractivity contribution is 0.0696. The third-order valence-corrected chi connectivity index (χ3v) is 4.41. The van der Waals surface area contributed by atoms with E-state index < -0.39 is 16.0 Å². The Kier molecular flexibility index (Phi) is 6.54. The number of rotatable bonds is 9. The molecule has 6 nitrogen and oxygen atoms in total. The van der Waals surface area contributed by atoms with E-state index in [0.717, 1.165) is 0 Å². The molecule has 0 aromatic heterocycles. The first kappa shape index (κ1) is 17.4. The summed E-state index contributed by atoms with van der Waals surface area (Å²) in [5, 5.41) is 9.01. The first-order valence-electron chi connectivity index (χ1n) is 6.41. The highest BCUT2D eigenvalue weighted by atomic mass is 32.2. The van der Waals surface area contributed by atoms with Crippen molar-refractivity contribution in [1.29, 1.82) is 0 Å². The van der Waals surface area contributed by atoms with Crippen molar-refractivity contribution in [2.75, 3.05) is 19.8 Å². The molecule has 0 unspecified atom stereocenters. The predicted octanol–water partition coefficient (Wildman–Crippen LogP) is 1.56. The van der Waals surface area contributed by atoms with Gasteiger partial charge in [0.05, 0.1) is 23.7 Å². The molecule has 0 amide bonds. The van der Waals surface area contributed by atoms with Gasteiger partial charge >= 0.3 is 5.97 Å². The number of carboxylic acid groups (broad SMARTS) is 1. The number of sulfonamides is 1. The van der Waals surface area contributed by atoms with Gasteiger partial charge in [-0.15, -0.1) is 6.58 Å². The van der Waals surface area contributed by atoms with E-state index in [2.05, 4.69) is 11.3 Å². The zero-order chi connectivity index (χ0) is 15.9. The van der Waals surface area contributed by atoms with Crippen molar-refractivity contribution in [3.8, 4) is 0 Å². The van der Waals surface area contributed by atoms with Crippen LogP contribution in [0.5, 0.6) is 0 Å². The molecule has 1 rings (SSSR count). The van der Waals surface area contributed by atoms with Crippen LogP contribution in [0.15, 0.2) is 35.7 Å². The molecule has 1 aromatic rings. The molecule has 2 N–H and O–H groups in total. The number of hydrogen-bond donors (Lipinski definition) is 2. The van der Waals surface area contributed by atoms with E-state index in [4.69, 9.17) is 9.84 Å². The lowest BCUT2D eigenvalue weighted by Crippen LogP contribution is -2.28. The van der Waals surface area contributed by atoms with Gasteiger partial charge in [0.15, 0.2) is 0 Å². The largest absolute Gasteiger partial charge is 0.478 e. The summed E-state index contributed by atoms with van der Waals surface area (Å²) in [6.07, 6.45) is 2.41. The maximum atomic E-state index is 12.1. The fourth-order valence-electron chi connectivity index (χ4n) is 1.73. The third kappa shape index (κ3) is 4.96. The monoisotopic (exact) mass is 313 g/mol. The number of carbonyl (C=O) groups is 1. The molecule has 0 heterocycles. The highest BCUT2D eigenvalue weighted by molar-refractivity contribution is 7.89. The summed E-state index contributed by atoms with van der Waals surface area (Å²) in [7, 11) is -3.75. The lowest BCUT2D eigenvalue weighted by atomic mass is 10.1. The summed E-state index contributed by atoms with van der Waals surface area (Å²) >= 11 is 0. The summed E-state index contributed by atoms with van der Waals surface area (Å²) in [5.74, 6) is -1.16. The summed E-state index contributed by atoms with van der Waals surface area (Å²) in [5.41, 5.74) is 0.185. The molecule has 0 aliphatic rings. The minimum atomic E-state index is -3.75. The van der Waals surface area contributed by atoms with Crippen LogP contribution < -0.4 is 4.72 Å². The van der Waals surface area contributed by atoms with Gasteiger partial charge in [0, 0.05) is 6.54 Å². The van der Waals surface area contributed by atoms with E-state index in [9.17, 15) is 13.2 Å². The van der Waals surface area contributed by atoms with Crippen LogP contribution in [0.3, 0.4) is 0 Å². The van der Waals surface area contributed by atoms with E-state index in [1.165, 1.54) is 25.1 Å². The average Bonchev–Trinajstić information content (AvgIpc) is 2.42. The molecule has 7 heteroatoms. The van der Waals surface area contributed by atoms with E-state index in [-0.39, 0.29) is 29.2 Å². The number of carboxylic acids is 1. The standard InChI is InChI=1S/C14H19NO5S/c1-3-4-9-20-10-8-15-21(18,19)13-7-5-6-12(11(13)2)14(16)17/h3,5-7,15H,1,4,8-10H2,2H3,(H,16,17). The van der Waals surface area contributed by atoms with Crippen LogP contribution in [0.25, 0.3) is 0 Å². The first-order chi connectivity index (χ1) is 9.90. The summed E-state index contributed by atoms with van der Waals surface area (Å²) < 4.78 is 31.9.